The summed E-state index contributed by atoms with van der Waals surface area (Å²) in [6.45, 7) is 2.08. The molecule has 1 rings (SSSR count). The molecule has 0 nitrogen and oxygen atoms in total. The Morgan fingerprint density at radius 2 is 2.27 bits per heavy atom. The van der Waals surface area contributed by atoms with Crippen molar-refractivity contribution in [3.05, 3.63) is 32.9 Å². The van der Waals surface area contributed by atoms with Crippen molar-refractivity contribution in [1.29, 1.82) is 0 Å². The van der Waals surface area contributed by atoms with Crippen molar-refractivity contribution in [3.63, 3.8) is 0 Å². The van der Waals surface area contributed by atoms with Gasteiger partial charge in [0.2, 0.25) is 0 Å². The van der Waals surface area contributed by atoms with Crippen molar-refractivity contribution >= 4 is 22.6 Å². The van der Waals surface area contributed by atoms with Gasteiger partial charge in [-0.1, -0.05) is 17.7 Å². The Balaban J connectivity index is 3.05. The summed E-state index contributed by atoms with van der Waals surface area (Å²) in [5.74, 6) is 2.65. The maximum absolute atomic E-state index is 5.23. The van der Waals surface area contributed by atoms with Crippen LogP contribution < -0.4 is 0 Å². The molecule has 0 radical (unpaired) electrons. The van der Waals surface area contributed by atoms with Crippen LogP contribution in [0.4, 0.5) is 0 Å². The van der Waals surface area contributed by atoms with E-state index < -0.39 is 0 Å². The number of terminal acetylenes is 1. The van der Waals surface area contributed by atoms with Gasteiger partial charge in [-0.2, -0.15) is 0 Å². The predicted octanol–water partition coefficient (Wildman–Crippen LogP) is 2.78. The number of hydrogen-bond donors (Lipinski definition) is 0. The first-order chi connectivity index (χ1) is 5.24. The average Bonchev–Trinajstić information content (AvgIpc) is 1.98. The predicted molar refractivity (Wildman–Crippen MR) is 56.4 cm³/mol. The average molecular weight is 256 g/mol. The first-order valence-corrected chi connectivity index (χ1v) is 4.50. The van der Waals surface area contributed by atoms with Crippen molar-refractivity contribution in [3.8, 4) is 12.3 Å². The van der Waals surface area contributed by atoms with Crippen LogP contribution in [-0.2, 0) is 6.42 Å². The number of rotatable bonds is 1. The van der Waals surface area contributed by atoms with Crippen molar-refractivity contribution in [2.45, 2.75) is 13.3 Å². The zero-order valence-electron chi connectivity index (χ0n) is 6.39. The molecule has 1 aromatic carbocycles. The molecule has 0 aliphatic heterocycles. The third-order valence-electron chi connectivity index (χ3n) is 1.49. The van der Waals surface area contributed by atoms with Crippen LogP contribution in [0, 0.1) is 22.8 Å². The highest BCUT2D eigenvalue weighted by molar-refractivity contribution is 14.1. The molecule has 1 heteroatoms. The summed E-state index contributed by atoms with van der Waals surface area (Å²) in [6, 6.07) is 6.34. The molecule has 0 aromatic heterocycles. The van der Waals surface area contributed by atoms with Crippen LogP contribution in [0.15, 0.2) is 18.2 Å². The van der Waals surface area contributed by atoms with E-state index in [0.29, 0.717) is 0 Å². The van der Waals surface area contributed by atoms with Crippen molar-refractivity contribution in [2.24, 2.45) is 0 Å². The van der Waals surface area contributed by atoms with E-state index in [1.165, 1.54) is 14.7 Å². The molecule has 0 heterocycles. The van der Waals surface area contributed by atoms with E-state index in [9.17, 15) is 0 Å². The second-order valence-electron chi connectivity index (χ2n) is 2.48. The summed E-state index contributed by atoms with van der Waals surface area (Å²) in [6.07, 6.45) is 5.96. The summed E-state index contributed by atoms with van der Waals surface area (Å²) in [7, 11) is 0. The standard InChI is InChI=1S/C10H9I/c1-3-4-9-7-8(2)5-6-10(9)11/h1,5-7H,4H2,2H3. The minimum atomic E-state index is 0.736. The largest absolute Gasteiger partial charge is 0.120 e. The lowest BCUT2D eigenvalue weighted by Gasteiger charge is -2.00. The molecule has 56 valence electrons. The van der Waals surface area contributed by atoms with E-state index in [0.717, 1.165) is 6.42 Å². The van der Waals surface area contributed by atoms with Gasteiger partial charge in [0.15, 0.2) is 0 Å². The van der Waals surface area contributed by atoms with Gasteiger partial charge in [-0.15, -0.1) is 12.3 Å². The second kappa shape index (κ2) is 3.77. The van der Waals surface area contributed by atoms with Crippen LogP contribution >= 0.6 is 22.6 Å². The van der Waals surface area contributed by atoms with E-state index in [1.807, 2.05) is 0 Å². The SMILES string of the molecule is C#CCc1cc(C)ccc1I. The maximum atomic E-state index is 5.23. The molecule has 0 spiro atoms. The van der Waals surface area contributed by atoms with Gasteiger partial charge >= 0.3 is 0 Å². The fourth-order valence-electron chi connectivity index (χ4n) is 0.949. The van der Waals surface area contributed by atoms with Gasteiger partial charge in [-0.05, 0) is 41.1 Å². The Bertz CT molecular complexity index is 294. The summed E-state index contributed by atoms with van der Waals surface area (Å²) in [5, 5.41) is 0. The first-order valence-electron chi connectivity index (χ1n) is 3.42. The fourth-order valence-corrected chi connectivity index (χ4v) is 1.48. The highest BCUT2D eigenvalue weighted by Gasteiger charge is 1.96. The molecule has 0 aliphatic carbocycles. The lowest BCUT2D eigenvalue weighted by molar-refractivity contribution is 1.26. The van der Waals surface area contributed by atoms with E-state index in [2.05, 4.69) is 53.6 Å². The molecule has 0 bridgehead atoms. The van der Waals surface area contributed by atoms with E-state index in [4.69, 9.17) is 6.42 Å². The molecule has 0 saturated heterocycles. The van der Waals surface area contributed by atoms with Crippen molar-refractivity contribution in [2.75, 3.05) is 0 Å². The Hall–Kier alpha value is -0.490. The number of hydrogen-bond acceptors (Lipinski definition) is 0. The third-order valence-corrected chi connectivity index (χ3v) is 2.55. The van der Waals surface area contributed by atoms with Gasteiger partial charge in [0.05, 0.1) is 0 Å². The zero-order valence-corrected chi connectivity index (χ0v) is 8.55. The minimum Gasteiger partial charge on any atom is -0.120 e. The smallest absolute Gasteiger partial charge is 0.0348 e. The van der Waals surface area contributed by atoms with E-state index >= 15 is 0 Å². The van der Waals surface area contributed by atoms with Gasteiger partial charge in [0, 0.05) is 9.99 Å². The summed E-state index contributed by atoms with van der Waals surface area (Å²) in [5.41, 5.74) is 2.53. The molecule has 0 N–H and O–H groups in total. The maximum Gasteiger partial charge on any atom is 0.0348 e. The Labute approximate surface area is 81.2 Å². The quantitative estimate of drug-likeness (QED) is 0.535. The molecule has 0 unspecified atom stereocenters. The molecular formula is C10H9I. The van der Waals surface area contributed by atoms with Crippen molar-refractivity contribution in [1.82, 2.24) is 0 Å². The normalized spacial score (nSPS) is 9.18. The number of aryl methyl sites for hydroxylation is 1. The monoisotopic (exact) mass is 256 g/mol. The van der Waals surface area contributed by atoms with Crippen LogP contribution in [0.1, 0.15) is 11.1 Å². The highest BCUT2D eigenvalue weighted by Crippen LogP contribution is 2.13. The third kappa shape index (κ3) is 2.23. The lowest BCUT2D eigenvalue weighted by Crippen LogP contribution is -1.87. The molecule has 0 amide bonds. The second-order valence-corrected chi connectivity index (χ2v) is 3.64. The molecule has 0 fully saturated rings. The lowest BCUT2D eigenvalue weighted by atomic mass is 10.1. The summed E-state index contributed by atoms with van der Waals surface area (Å²) in [4.78, 5) is 0. The number of halogens is 1. The van der Waals surface area contributed by atoms with Crippen LogP contribution in [-0.4, -0.2) is 0 Å². The molecule has 0 saturated carbocycles. The van der Waals surface area contributed by atoms with Gasteiger partial charge in [-0.25, -0.2) is 0 Å². The summed E-state index contributed by atoms with van der Waals surface area (Å²) < 4.78 is 1.26. The molecular weight excluding hydrogens is 247 g/mol. The van der Waals surface area contributed by atoms with Crippen molar-refractivity contribution < 1.29 is 0 Å². The number of benzene rings is 1. The topological polar surface area (TPSA) is 0 Å². The highest BCUT2D eigenvalue weighted by atomic mass is 127. The van der Waals surface area contributed by atoms with Crippen LogP contribution in [0.25, 0.3) is 0 Å². The molecule has 11 heavy (non-hydrogen) atoms. The van der Waals surface area contributed by atoms with Gasteiger partial charge in [0.1, 0.15) is 0 Å². The molecule has 0 aliphatic rings. The van der Waals surface area contributed by atoms with Gasteiger partial charge in [-0.3, -0.25) is 0 Å². The van der Waals surface area contributed by atoms with Crippen LogP contribution in [0.3, 0.4) is 0 Å². The summed E-state index contributed by atoms with van der Waals surface area (Å²) >= 11 is 2.30. The molecule has 0 atom stereocenters. The van der Waals surface area contributed by atoms with E-state index in [-0.39, 0.29) is 0 Å². The Morgan fingerprint density at radius 1 is 1.55 bits per heavy atom. The van der Waals surface area contributed by atoms with Crippen LogP contribution in [0.2, 0.25) is 0 Å². The first kappa shape index (κ1) is 8.61. The molecule has 1 aromatic rings. The Kier molecular flexibility index (Phi) is 2.95. The van der Waals surface area contributed by atoms with Crippen LogP contribution in [0.5, 0.6) is 0 Å². The van der Waals surface area contributed by atoms with Gasteiger partial charge in [0.25, 0.3) is 0 Å². The zero-order chi connectivity index (χ0) is 8.27. The fraction of sp³-hybridized carbons (Fsp3) is 0.200. The minimum absolute atomic E-state index is 0.736. The van der Waals surface area contributed by atoms with Gasteiger partial charge < -0.3 is 0 Å². The van der Waals surface area contributed by atoms with E-state index in [1.54, 1.807) is 0 Å². The Morgan fingerprint density at radius 3 is 2.91 bits per heavy atom.